The zero-order valence-corrected chi connectivity index (χ0v) is 10.8. The van der Waals surface area contributed by atoms with Crippen LogP contribution < -0.4 is 0 Å². The molecule has 18 heavy (non-hydrogen) atoms. The first kappa shape index (κ1) is 11.8. The van der Waals surface area contributed by atoms with Gasteiger partial charge in [-0.3, -0.25) is 0 Å². The van der Waals surface area contributed by atoms with Gasteiger partial charge in [-0.2, -0.15) is 0 Å². The van der Waals surface area contributed by atoms with E-state index in [9.17, 15) is 5.11 Å². The highest BCUT2D eigenvalue weighted by atomic mass is 35.5. The maximum atomic E-state index is 11.1. The van der Waals surface area contributed by atoms with E-state index in [4.69, 9.17) is 11.6 Å². The van der Waals surface area contributed by atoms with Crippen LogP contribution in [-0.4, -0.2) is 10.5 Å². The Morgan fingerprint density at radius 3 is 2.44 bits per heavy atom. The molecule has 1 aliphatic rings. The Bertz CT molecular complexity index is 552. The van der Waals surface area contributed by atoms with E-state index in [-0.39, 0.29) is 5.38 Å². The van der Waals surface area contributed by atoms with E-state index in [1.54, 1.807) is 0 Å². The Labute approximate surface area is 112 Å². The van der Waals surface area contributed by atoms with Crippen molar-refractivity contribution in [3.05, 3.63) is 71.3 Å². The van der Waals surface area contributed by atoms with Crippen molar-refractivity contribution in [2.45, 2.75) is 23.8 Å². The number of hydrogen-bond donors (Lipinski definition) is 1. The average Bonchev–Trinajstić information content (AvgIpc) is 2.44. The van der Waals surface area contributed by atoms with Crippen LogP contribution in [0.25, 0.3) is 0 Å². The fraction of sp³-hybridized carbons (Fsp3) is 0.250. The van der Waals surface area contributed by atoms with Crippen molar-refractivity contribution in [1.29, 1.82) is 0 Å². The first-order chi connectivity index (χ1) is 8.73. The summed E-state index contributed by atoms with van der Waals surface area (Å²) in [5, 5.41) is 10.8. The summed E-state index contributed by atoms with van der Waals surface area (Å²) >= 11 is 6.44. The minimum atomic E-state index is -1.07. The van der Waals surface area contributed by atoms with E-state index >= 15 is 0 Å². The van der Waals surface area contributed by atoms with E-state index in [1.165, 1.54) is 5.56 Å². The lowest BCUT2D eigenvalue weighted by Gasteiger charge is -2.39. The van der Waals surface area contributed by atoms with Crippen molar-refractivity contribution in [3.63, 3.8) is 0 Å². The third kappa shape index (κ3) is 1.66. The Morgan fingerprint density at radius 2 is 1.67 bits per heavy atom. The smallest absolute Gasteiger partial charge is 0.131 e. The molecule has 0 heterocycles. The van der Waals surface area contributed by atoms with Crippen LogP contribution in [0.2, 0.25) is 0 Å². The predicted octanol–water partition coefficient (Wildman–Crippen LogP) is 3.48. The van der Waals surface area contributed by atoms with Crippen LogP contribution in [0.5, 0.6) is 0 Å². The number of aryl methyl sites for hydroxylation is 1. The summed E-state index contributed by atoms with van der Waals surface area (Å²) in [5.41, 5.74) is 1.94. The zero-order chi connectivity index (χ0) is 12.6. The largest absolute Gasteiger partial charge is 0.379 e. The number of aliphatic hydroxyl groups is 1. The van der Waals surface area contributed by atoms with Crippen molar-refractivity contribution < 1.29 is 5.11 Å². The molecule has 0 saturated carbocycles. The van der Waals surface area contributed by atoms with Gasteiger partial charge in [0.25, 0.3) is 0 Å². The number of alkyl halides is 1. The van der Waals surface area contributed by atoms with Crippen molar-refractivity contribution in [1.82, 2.24) is 0 Å². The molecule has 2 aromatic carbocycles. The molecule has 1 N–H and O–H groups in total. The molecule has 0 radical (unpaired) electrons. The van der Waals surface area contributed by atoms with E-state index in [0.717, 1.165) is 24.0 Å². The zero-order valence-electron chi connectivity index (χ0n) is 10.0. The Morgan fingerprint density at radius 1 is 1.00 bits per heavy atom. The van der Waals surface area contributed by atoms with Gasteiger partial charge in [0.2, 0.25) is 0 Å². The summed E-state index contributed by atoms with van der Waals surface area (Å²) in [6, 6.07) is 17.7. The summed E-state index contributed by atoms with van der Waals surface area (Å²) in [5.74, 6) is 0. The van der Waals surface area contributed by atoms with Gasteiger partial charge in [-0.25, -0.2) is 0 Å². The highest BCUT2D eigenvalue weighted by Crippen LogP contribution is 2.43. The lowest BCUT2D eigenvalue weighted by atomic mass is 9.75. The molecule has 0 amide bonds. The van der Waals surface area contributed by atoms with E-state index < -0.39 is 5.60 Å². The SMILES string of the molecule is OC1(c2ccccc2)c2ccccc2CCC1Cl. The molecule has 0 aromatic heterocycles. The van der Waals surface area contributed by atoms with Gasteiger partial charge in [0, 0.05) is 0 Å². The van der Waals surface area contributed by atoms with Gasteiger partial charge in [-0.15, -0.1) is 11.6 Å². The van der Waals surface area contributed by atoms with Gasteiger partial charge < -0.3 is 5.11 Å². The number of rotatable bonds is 1. The summed E-state index contributed by atoms with van der Waals surface area (Å²) in [6.07, 6.45) is 1.73. The minimum Gasteiger partial charge on any atom is -0.379 e. The summed E-state index contributed by atoms with van der Waals surface area (Å²) in [7, 11) is 0. The van der Waals surface area contributed by atoms with E-state index in [1.807, 2.05) is 48.5 Å². The second-order valence-electron chi connectivity index (χ2n) is 4.80. The molecule has 1 nitrogen and oxygen atoms in total. The molecule has 2 atom stereocenters. The highest BCUT2D eigenvalue weighted by Gasteiger charge is 2.42. The lowest BCUT2D eigenvalue weighted by molar-refractivity contribution is 0.0660. The summed E-state index contributed by atoms with van der Waals surface area (Å²) in [6.45, 7) is 0. The molecular formula is C16H15ClO. The van der Waals surface area contributed by atoms with Crippen molar-refractivity contribution >= 4 is 11.6 Å². The fourth-order valence-corrected chi connectivity index (χ4v) is 3.15. The molecule has 1 aliphatic carbocycles. The van der Waals surface area contributed by atoms with Gasteiger partial charge in [0.15, 0.2) is 0 Å². The lowest BCUT2D eigenvalue weighted by Crippen LogP contribution is -2.41. The van der Waals surface area contributed by atoms with Crippen LogP contribution in [0.3, 0.4) is 0 Å². The van der Waals surface area contributed by atoms with Crippen LogP contribution in [0, 0.1) is 0 Å². The van der Waals surface area contributed by atoms with Gasteiger partial charge in [0.05, 0.1) is 5.38 Å². The van der Waals surface area contributed by atoms with Crippen LogP contribution in [0.15, 0.2) is 54.6 Å². The maximum absolute atomic E-state index is 11.1. The quantitative estimate of drug-likeness (QED) is 0.777. The molecular weight excluding hydrogens is 244 g/mol. The standard InChI is InChI=1S/C16H15ClO/c17-15-11-10-12-6-4-5-9-14(12)16(15,18)13-7-2-1-3-8-13/h1-9,15,18H,10-11H2. The number of halogens is 1. The first-order valence-corrected chi connectivity index (χ1v) is 6.67. The average molecular weight is 259 g/mol. The second-order valence-corrected chi connectivity index (χ2v) is 5.32. The van der Waals surface area contributed by atoms with Crippen LogP contribution in [0.4, 0.5) is 0 Å². The Kier molecular flexibility index (Phi) is 2.89. The molecule has 0 bridgehead atoms. The molecule has 0 fully saturated rings. The molecule has 0 saturated heterocycles. The number of benzene rings is 2. The van der Waals surface area contributed by atoms with Gasteiger partial charge in [0.1, 0.15) is 5.60 Å². The Hall–Kier alpha value is -1.31. The Balaban J connectivity index is 2.21. The number of hydrogen-bond acceptors (Lipinski definition) is 1. The maximum Gasteiger partial charge on any atom is 0.131 e. The molecule has 2 aromatic rings. The molecule has 92 valence electrons. The molecule has 0 aliphatic heterocycles. The normalized spacial score (nSPS) is 26.7. The van der Waals surface area contributed by atoms with Gasteiger partial charge in [-0.1, -0.05) is 54.6 Å². The van der Waals surface area contributed by atoms with Crippen LogP contribution in [0.1, 0.15) is 23.1 Å². The van der Waals surface area contributed by atoms with Crippen molar-refractivity contribution in [2.75, 3.05) is 0 Å². The van der Waals surface area contributed by atoms with Crippen molar-refractivity contribution in [2.24, 2.45) is 0 Å². The highest BCUT2D eigenvalue weighted by molar-refractivity contribution is 6.21. The van der Waals surface area contributed by atoms with Crippen LogP contribution >= 0.6 is 11.6 Å². The first-order valence-electron chi connectivity index (χ1n) is 6.23. The third-order valence-corrected chi connectivity index (χ3v) is 4.30. The predicted molar refractivity (Wildman–Crippen MR) is 73.8 cm³/mol. The monoisotopic (exact) mass is 258 g/mol. The van der Waals surface area contributed by atoms with Crippen LogP contribution in [-0.2, 0) is 12.0 Å². The van der Waals surface area contributed by atoms with Gasteiger partial charge >= 0.3 is 0 Å². The second kappa shape index (κ2) is 4.42. The van der Waals surface area contributed by atoms with Gasteiger partial charge in [-0.05, 0) is 29.5 Å². The van der Waals surface area contributed by atoms with Crippen molar-refractivity contribution in [3.8, 4) is 0 Å². The molecule has 2 unspecified atom stereocenters. The fourth-order valence-electron chi connectivity index (χ4n) is 2.80. The molecule has 3 rings (SSSR count). The van der Waals surface area contributed by atoms with E-state index in [2.05, 4.69) is 6.07 Å². The summed E-state index contributed by atoms with van der Waals surface area (Å²) in [4.78, 5) is 0. The number of fused-ring (bicyclic) bond motifs is 1. The minimum absolute atomic E-state index is 0.283. The molecule has 0 spiro atoms. The van der Waals surface area contributed by atoms with E-state index in [0.29, 0.717) is 0 Å². The third-order valence-electron chi connectivity index (χ3n) is 3.76. The summed E-state index contributed by atoms with van der Waals surface area (Å²) < 4.78 is 0. The molecule has 2 heteroatoms. The topological polar surface area (TPSA) is 20.2 Å².